The Hall–Kier alpha value is -1.62. The Morgan fingerprint density at radius 2 is 1.81 bits per heavy atom. The van der Waals surface area contributed by atoms with Crippen LogP contribution in [0.25, 0.3) is 16.5 Å². The van der Waals surface area contributed by atoms with E-state index in [-0.39, 0.29) is 15.5 Å². The summed E-state index contributed by atoms with van der Waals surface area (Å²) in [5.74, 6) is -0.199. The summed E-state index contributed by atoms with van der Waals surface area (Å²) in [5.41, 5.74) is -4.80. The molecule has 0 saturated heterocycles. The third-order valence-corrected chi connectivity index (χ3v) is 12.9. The Bertz CT molecular complexity index is 1220. The van der Waals surface area contributed by atoms with E-state index in [1.165, 1.54) is 0 Å². The minimum Gasteiger partial charge on any atom is -0.543 e. The lowest BCUT2D eigenvalue weighted by molar-refractivity contribution is -0.0426. The number of carbonyl (C=O) groups is 1. The van der Waals surface area contributed by atoms with Crippen LogP contribution in [-0.2, 0) is 9.84 Å². The first-order valence-corrected chi connectivity index (χ1v) is 15.1. The van der Waals surface area contributed by atoms with Crippen molar-refractivity contribution >= 4 is 53.0 Å². The monoisotopic (exact) mass is 521 g/mol. The van der Waals surface area contributed by atoms with Crippen molar-refractivity contribution in [2.24, 2.45) is 0 Å². The summed E-state index contributed by atoms with van der Waals surface area (Å²) in [6.07, 6.45) is 0.0579. The first-order chi connectivity index (χ1) is 14.4. The van der Waals surface area contributed by atoms with Gasteiger partial charge in [0.15, 0.2) is 5.78 Å². The highest BCUT2D eigenvalue weighted by Crippen LogP contribution is 2.43. The topological polar surface area (TPSA) is 60.4 Å². The predicted octanol–water partition coefficient (Wildman–Crippen LogP) is 7.11. The second-order valence-electron chi connectivity index (χ2n) is 8.96. The summed E-state index contributed by atoms with van der Waals surface area (Å²) >= 11 is 7.41. The van der Waals surface area contributed by atoms with Crippen molar-refractivity contribution in [2.75, 3.05) is 0 Å². The first kappa shape index (κ1) is 25.0. The van der Waals surface area contributed by atoms with Gasteiger partial charge in [-0.2, -0.15) is 13.2 Å². The highest BCUT2D eigenvalue weighted by atomic mass is 35.5. The fourth-order valence-corrected chi connectivity index (χ4v) is 6.09. The number of sulfone groups is 1. The fraction of sp³-hybridized carbons (Fsp3) is 0.381. The van der Waals surface area contributed by atoms with Gasteiger partial charge in [0.2, 0.25) is 0 Å². The molecule has 0 aliphatic heterocycles. The zero-order valence-electron chi connectivity index (χ0n) is 18.0. The summed E-state index contributed by atoms with van der Waals surface area (Å²) in [6.45, 7) is 10.5. The molecule has 3 rings (SSSR count). The summed E-state index contributed by atoms with van der Waals surface area (Å²) in [6, 6.07) is 7.96. The van der Waals surface area contributed by atoms with Crippen LogP contribution in [0.3, 0.4) is 0 Å². The molecular weight excluding hydrogens is 501 g/mol. The molecule has 0 bridgehead atoms. The number of benzene rings is 1. The Labute approximate surface area is 195 Å². The largest absolute Gasteiger partial charge is 0.543 e. The molecule has 0 atom stereocenters. The highest BCUT2D eigenvalue weighted by Gasteiger charge is 2.49. The molecule has 0 unspecified atom stereocenters. The molecule has 1 aliphatic rings. The van der Waals surface area contributed by atoms with E-state index in [4.69, 9.17) is 16.0 Å². The van der Waals surface area contributed by atoms with Gasteiger partial charge in [0.05, 0.1) is 9.93 Å². The number of rotatable bonds is 4. The van der Waals surface area contributed by atoms with Crippen LogP contribution in [0.4, 0.5) is 13.2 Å². The number of carbonyl (C=O) groups excluding carboxylic acids is 1. The van der Waals surface area contributed by atoms with Gasteiger partial charge in [0.1, 0.15) is 5.75 Å². The van der Waals surface area contributed by atoms with E-state index in [0.717, 1.165) is 17.4 Å². The minimum absolute atomic E-state index is 0.0310. The Balaban J connectivity index is 1.97. The lowest BCUT2D eigenvalue weighted by Crippen LogP contribution is -2.43. The van der Waals surface area contributed by atoms with Crippen molar-refractivity contribution in [3.8, 4) is 16.2 Å². The van der Waals surface area contributed by atoms with E-state index in [1.807, 2.05) is 0 Å². The Morgan fingerprint density at radius 1 is 1.19 bits per heavy atom. The molecule has 1 aromatic heterocycles. The number of thiophene rings is 1. The van der Waals surface area contributed by atoms with Gasteiger partial charge in [-0.05, 0) is 48.0 Å². The number of ketones is 1. The normalized spacial score (nSPS) is 15.4. The maximum Gasteiger partial charge on any atom is 0.501 e. The minimum atomic E-state index is -5.57. The third-order valence-electron chi connectivity index (χ3n) is 5.62. The summed E-state index contributed by atoms with van der Waals surface area (Å²) in [4.78, 5) is 12.0. The maximum atomic E-state index is 12.9. The molecule has 1 aromatic carbocycles. The molecule has 173 valence electrons. The molecule has 11 heteroatoms. The average molecular weight is 522 g/mol. The van der Waals surface area contributed by atoms with Gasteiger partial charge in [-0.1, -0.05) is 32.4 Å². The molecule has 1 radical (unpaired) electrons. The Morgan fingerprint density at radius 3 is 2.34 bits per heavy atom. The molecule has 0 spiro atoms. The number of halogens is 4. The molecule has 0 N–H and O–H groups in total. The van der Waals surface area contributed by atoms with Gasteiger partial charge in [0.25, 0.3) is 18.2 Å². The smallest absolute Gasteiger partial charge is 0.501 e. The number of hydrogen-bond acceptors (Lipinski definition) is 5. The van der Waals surface area contributed by atoms with Crippen molar-refractivity contribution < 1.29 is 30.8 Å². The number of fused-ring (bicyclic) bond motifs is 1. The van der Waals surface area contributed by atoms with Gasteiger partial charge >= 0.3 is 5.51 Å². The van der Waals surface area contributed by atoms with Crippen LogP contribution in [0.2, 0.25) is 23.2 Å². The third kappa shape index (κ3) is 4.55. The van der Waals surface area contributed by atoms with Gasteiger partial charge in [-0.3, -0.25) is 4.79 Å². The lowest BCUT2D eigenvalue weighted by atomic mass is 10.0. The summed E-state index contributed by atoms with van der Waals surface area (Å²) in [5, 5.41) is 0.325. The molecule has 1 aliphatic carbocycles. The first-order valence-electron chi connectivity index (χ1n) is 9.54. The Kier molecular flexibility index (Phi) is 6.25. The molecular formula is C21H21ClF3O4S2Si. The van der Waals surface area contributed by atoms with Gasteiger partial charge in [-0.25, -0.2) is 8.42 Å². The van der Waals surface area contributed by atoms with Gasteiger partial charge in [-0.15, -0.1) is 11.3 Å². The molecule has 2 aromatic rings. The van der Waals surface area contributed by atoms with Crippen molar-refractivity contribution in [3.05, 3.63) is 44.6 Å². The second kappa shape index (κ2) is 8.00. The van der Waals surface area contributed by atoms with Crippen molar-refractivity contribution in [3.63, 3.8) is 0 Å². The fourth-order valence-electron chi connectivity index (χ4n) is 2.72. The maximum absolute atomic E-state index is 12.9. The van der Waals surface area contributed by atoms with E-state index in [9.17, 15) is 26.4 Å². The summed E-state index contributed by atoms with van der Waals surface area (Å²) < 4.78 is 68.4. The molecule has 0 fully saturated rings. The predicted molar refractivity (Wildman–Crippen MR) is 123 cm³/mol. The van der Waals surface area contributed by atoms with Gasteiger partial charge < -0.3 is 4.43 Å². The van der Waals surface area contributed by atoms with E-state index in [2.05, 4.69) is 39.9 Å². The van der Waals surface area contributed by atoms with Crippen molar-refractivity contribution in [1.82, 2.24) is 0 Å². The van der Waals surface area contributed by atoms with Crippen LogP contribution >= 0.6 is 22.9 Å². The van der Waals surface area contributed by atoms with Crippen LogP contribution in [0, 0.1) is 6.07 Å². The van der Waals surface area contributed by atoms with Crippen LogP contribution in [0.1, 0.15) is 42.4 Å². The van der Waals surface area contributed by atoms with E-state index in [1.54, 1.807) is 18.2 Å². The number of allylic oxidation sites excluding steroid dienone is 1. The van der Waals surface area contributed by atoms with Crippen LogP contribution < -0.4 is 4.43 Å². The van der Waals surface area contributed by atoms with E-state index in [0.29, 0.717) is 21.2 Å². The standard InChI is InChI=1S/C21H21ClF3O4S2Si/c1-20(2,3)32(4,5)29-17-7-6-12(8-15(17)22)18-11-14-16(26)9-13(10-19(14)30-18)31(27,28)21(23,24)25/h6-8,10H,9H2,1-5H3. The lowest BCUT2D eigenvalue weighted by Gasteiger charge is -2.36. The van der Waals surface area contributed by atoms with Crippen LogP contribution in [0.15, 0.2) is 23.1 Å². The van der Waals surface area contributed by atoms with Gasteiger partial charge in [0, 0.05) is 27.8 Å². The van der Waals surface area contributed by atoms with E-state index >= 15 is 0 Å². The molecule has 0 amide bonds. The van der Waals surface area contributed by atoms with Crippen molar-refractivity contribution in [1.29, 1.82) is 0 Å². The molecule has 32 heavy (non-hydrogen) atoms. The SMILES string of the molecule is CC(C)(C)[Si](C)(C)Oc1ccc(-c2[c]c3c(s2)C=C(S(=O)(=O)C(F)(F)F)CC3=O)cc1Cl. The molecule has 4 nitrogen and oxygen atoms in total. The zero-order chi connectivity index (χ0) is 24.3. The van der Waals surface area contributed by atoms with Crippen molar-refractivity contribution in [2.45, 2.75) is 50.8 Å². The second-order valence-corrected chi connectivity index (χ2v) is 17.1. The molecule has 1 heterocycles. The number of hydrogen-bond donors (Lipinski definition) is 0. The van der Waals surface area contributed by atoms with Crippen LogP contribution in [-0.4, -0.2) is 28.0 Å². The summed E-state index contributed by atoms with van der Waals surface area (Å²) in [7, 11) is -7.70. The quantitative estimate of drug-likeness (QED) is 0.402. The highest BCUT2D eigenvalue weighted by molar-refractivity contribution is 7.96. The molecule has 0 saturated carbocycles. The average Bonchev–Trinajstić information content (AvgIpc) is 3.06. The van der Waals surface area contributed by atoms with E-state index < -0.39 is 40.8 Å². The number of alkyl halides is 3. The number of Topliss-reactive ketones (excluding diaryl/α,β-unsaturated/α-hetero) is 1. The zero-order valence-corrected chi connectivity index (χ0v) is 21.4. The van der Waals surface area contributed by atoms with Crippen LogP contribution in [0.5, 0.6) is 5.75 Å².